The molecule has 1 N–H and O–H groups in total. The molecule has 0 aromatic heterocycles. The van der Waals surface area contributed by atoms with Crippen molar-refractivity contribution in [2.45, 2.75) is 31.8 Å². The Morgan fingerprint density at radius 1 is 1.12 bits per heavy atom. The van der Waals surface area contributed by atoms with Gasteiger partial charge in [0.25, 0.3) is 0 Å². The average molecular weight is 323 g/mol. The lowest BCUT2D eigenvalue weighted by atomic mass is 9.92. The topological polar surface area (TPSA) is 40.5 Å². The molecule has 3 rings (SSSR count). The smallest absolute Gasteiger partial charge is 0.225 e. The van der Waals surface area contributed by atoms with Crippen LogP contribution in [0.4, 0.5) is 0 Å². The lowest BCUT2D eigenvalue weighted by molar-refractivity contribution is -0.135. The fraction of sp³-hybridized carbons (Fsp3) is 0.381. The molecule has 1 aliphatic rings. The minimum Gasteiger partial charge on any atom is -0.385 e. The monoisotopic (exact) mass is 323 g/mol. The minimum atomic E-state index is -1.12. The third-order valence-electron chi connectivity index (χ3n) is 4.90. The van der Waals surface area contributed by atoms with Crippen molar-refractivity contribution in [2.24, 2.45) is 5.92 Å². The Kier molecular flexibility index (Phi) is 5.00. The average Bonchev–Trinajstić information content (AvgIpc) is 3.05. The zero-order chi connectivity index (χ0) is 17.0. The van der Waals surface area contributed by atoms with E-state index in [1.165, 1.54) is 5.56 Å². The second-order valence-electron chi connectivity index (χ2n) is 7.00. The van der Waals surface area contributed by atoms with E-state index in [-0.39, 0.29) is 12.3 Å². The van der Waals surface area contributed by atoms with Crippen LogP contribution >= 0.6 is 0 Å². The lowest BCUT2D eigenvalue weighted by Gasteiger charge is -2.26. The van der Waals surface area contributed by atoms with Gasteiger partial charge in [-0.15, -0.1) is 0 Å². The third kappa shape index (κ3) is 4.04. The molecule has 3 nitrogen and oxygen atoms in total. The van der Waals surface area contributed by atoms with Crippen LogP contribution in [0.3, 0.4) is 0 Å². The molecule has 0 radical (unpaired) electrons. The largest absolute Gasteiger partial charge is 0.385 e. The van der Waals surface area contributed by atoms with Crippen molar-refractivity contribution >= 4 is 5.91 Å². The molecule has 1 saturated heterocycles. The van der Waals surface area contributed by atoms with Crippen molar-refractivity contribution in [2.75, 3.05) is 13.1 Å². The number of aliphatic hydroxyl groups is 1. The zero-order valence-electron chi connectivity index (χ0n) is 14.2. The fourth-order valence-electron chi connectivity index (χ4n) is 3.48. The van der Waals surface area contributed by atoms with Crippen LogP contribution in [-0.4, -0.2) is 29.0 Å². The second-order valence-corrected chi connectivity index (χ2v) is 7.00. The number of carbonyl (C=O) groups is 1. The summed E-state index contributed by atoms with van der Waals surface area (Å²) in [7, 11) is 0. The van der Waals surface area contributed by atoms with Crippen molar-refractivity contribution < 1.29 is 9.90 Å². The highest BCUT2D eigenvalue weighted by atomic mass is 16.3. The van der Waals surface area contributed by atoms with Crippen molar-refractivity contribution in [3.05, 3.63) is 71.8 Å². The Morgan fingerprint density at radius 3 is 2.42 bits per heavy atom. The zero-order valence-corrected chi connectivity index (χ0v) is 14.2. The molecule has 1 amide bonds. The minimum absolute atomic E-state index is 0.0411. The first-order chi connectivity index (χ1) is 11.5. The number of hydrogen-bond acceptors (Lipinski definition) is 2. The molecule has 0 bridgehead atoms. The van der Waals surface area contributed by atoms with E-state index in [1.807, 2.05) is 41.3 Å². The number of carbonyl (C=O) groups excluding carboxylic acids is 1. The number of hydrogen-bond donors (Lipinski definition) is 1. The lowest BCUT2D eigenvalue weighted by Crippen LogP contribution is -2.35. The Labute approximate surface area is 143 Å². The molecule has 2 unspecified atom stereocenters. The predicted molar refractivity (Wildman–Crippen MR) is 95.5 cm³/mol. The maximum atomic E-state index is 12.6. The van der Waals surface area contributed by atoms with Crippen LogP contribution in [0.15, 0.2) is 60.7 Å². The van der Waals surface area contributed by atoms with E-state index in [0.29, 0.717) is 5.92 Å². The summed E-state index contributed by atoms with van der Waals surface area (Å²) in [5.41, 5.74) is 1.00. The molecule has 0 aliphatic carbocycles. The SMILES string of the molecule is CC(O)(CC(=O)N1CCC(Cc2ccccc2)C1)c1ccccc1. The van der Waals surface area contributed by atoms with E-state index >= 15 is 0 Å². The van der Waals surface area contributed by atoms with Crippen molar-refractivity contribution in [3.8, 4) is 0 Å². The summed E-state index contributed by atoms with van der Waals surface area (Å²) in [5, 5.41) is 10.7. The Morgan fingerprint density at radius 2 is 1.75 bits per heavy atom. The summed E-state index contributed by atoms with van der Waals surface area (Å²) in [4.78, 5) is 14.5. The molecule has 2 aromatic carbocycles. The van der Waals surface area contributed by atoms with E-state index in [4.69, 9.17) is 0 Å². The molecule has 2 aromatic rings. The van der Waals surface area contributed by atoms with Crippen molar-refractivity contribution in [1.29, 1.82) is 0 Å². The van der Waals surface area contributed by atoms with Crippen LogP contribution < -0.4 is 0 Å². The summed E-state index contributed by atoms with van der Waals surface area (Å²) in [6.07, 6.45) is 2.18. The number of amides is 1. The van der Waals surface area contributed by atoms with Gasteiger partial charge in [0.2, 0.25) is 5.91 Å². The van der Waals surface area contributed by atoms with E-state index in [1.54, 1.807) is 6.92 Å². The highest BCUT2D eigenvalue weighted by molar-refractivity contribution is 5.77. The van der Waals surface area contributed by atoms with Crippen LogP contribution in [0.2, 0.25) is 0 Å². The first-order valence-corrected chi connectivity index (χ1v) is 8.64. The summed E-state index contributed by atoms with van der Waals surface area (Å²) < 4.78 is 0. The summed E-state index contributed by atoms with van der Waals surface area (Å²) in [6, 6.07) is 19.9. The van der Waals surface area contributed by atoms with Crippen LogP contribution in [-0.2, 0) is 16.8 Å². The van der Waals surface area contributed by atoms with E-state index in [9.17, 15) is 9.90 Å². The maximum absolute atomic E-state index is 12.6. The molecule has 24 heavy (non-hydrogen) atoms. The van der Waals surface area contributed by atoms with Crippen molar-refractivity contribution in [1.82, 2.24) is 4.90 Å². The molecule has 3 heteroatoms. The highest BCUT2D eigenvalue weighted by Gasteiger charge is 2.32. The van der Waals surface area contributed by atoms with Crippen LogP contribution in [0.25, 0.3) is 0 Å². The van der Waals surface area contributed by atoms with Crippen molar-refractivity contribution in [3.63, 3.8) is 0 Å². The first-order valence-electron chi connectivity index (χ1n) is 8.64. The summed E-state index contributed by atoms with van der Waals surface area (Å²) in [6.45, 7) is 3.30. The fourth-order valence-corrected chi connectivity index (χ4v) is 3.48. The molecular weight excluding hydrogens is 298 g/mol. The van der Waals surface area contributed by atoms with Gasteiger partial charge in [0.15, 0.2) is 0 Å². The van der Waals surface area contributed by atoms with E-state index in [0.717, 1.165) is 31.5 Å². The van der Waals surface area contributed by atoms with Crippen LogP contribution in [0.1, 0.15) is 30.9 Å². The molecule has 1 heterocycles. The van der Waals surface area contributed by atoms with Gasteiger partial charge >= 0.3 is 0 Å². The number of likely N-dealkylation sites (tertiary alicyclic amines) is 1. The molecule has 126 valence electrons. The van der Waals surface area contributed by atoms with Gasteiger partial charge in [-0.2, -0.15) is 0 Å². The molecule has 0 spiro atoms. The Balaban J connectivity index is 1.57. The van der Waals surface area contributed by atoms with Gasteiger partial charge in [-0.1, -0.05) is 60.7 Å². The Hall–Kier alpha value is -2.13. The standard InChI is InChI=1S/C21H25NO2/c1-21(24,19-10-6-3-7-11-19)15-20(23)22-13-12-18(16-22)14-17-8-4-2-5-9-17/h2-11,18,24H,12-16H2,1H3. The van der Waals surface area contributed by atoms with Gasteiger partial charge in [-0.3, -0.25) is 4.79 Å². The number of rotatable bonds is 5. The van der Waals surface area contributed by atoms with Gasteiger partial charge < -0.3 is 10.0 Å². The molecule has 1 aliphatic heterocycles. The molecule has 0 saturated carbocycles. The van der Waals surface area contributed by atoms with Gasteiger partial charge in [-0.05, 0) is 36.8 Å². The highest BCUT2D eigenvalue weighted by Crippen LogP contribution is 2.27. The van der Waals surface area contributed by atoms with Gasteiger partial charge in [-0.25, -0.2) is 0 Å². The van der Waals surface area contributed by atoms with E-state index in [2.05, 4.69) is 24.3 Å². The van der Waals surface area contributed by atoms with Crippen LogP contribution in [0.5, 0.6) is 0 Å². The Bertz CT molecular complexity index is 667. The third-order valence-corrected chi connectivity index (χ3v) is 4.90. The second kappa shape index (κ2) is 7.18. The molecule has 2 atom stereocenters. The first kappa shape index (κ1) is 16.7. The van der Waals surface area contributed by atoms with Crippen LogP contribution in [0, 0.1) is 5.92 Å². The molecule has 1 fully saturated rings. The van der Waals surface area contributed by atoms with Gasteiger partial charge in [0.1, 0.15) is 0 Å². The summed E-state index contributed by atoms with van der Waals surface area (Å²) >= 11 is 0. The number of benzene rings is 2. The summed E-state index contributed by atoms with van der Waals surface area (Å²) in [5.74, 6) is 0.553. The van der Waals surface area contributed by atoms with E-state index < -0.39 is 5.60 Å². The number of nitrogens with zero attached hydrogens (tertiary/aromatic N) is 1. The quantitative estimate of drug-likeness (QED) is 0.916. The molecular formula is C21H25NO2. The normalized spacial score (nSPS) is 19.9. The van der Waals surface area contributed by atoms with Gasteiger partial charge in [0, 0.05) is 13.1 Å². The van der Waals surface area contributed by atoms with Gasteiger partial charge in [0.05, 0.1) is 12.0 Å². The predicted octanol–water partition coefficient (Wildman–Crippen LogP) is 3.38. The maximum Gasteiger partial charge on any atom is 0.225 e.